The van der Waals surface area contributed by atoms with Gasteiger partial charge >= 0.3 is 0 Å². The highest BCUT2D eigenvalue weighted by Crippen LogP contribution is 2.36. The van der Waals surface area contributed by atoms with Crippen LogP contribution in [0.2, 0.25) is 0 Å². The number of ether oxygens (including phenoxy) is 1. The molecule has 1 fully saturated rings. The van der Waals surface area contributed by atoms with Crippen molar-refractivity contribution in [2.24, 2.45) is 11.8 Å². The summed E-state index contributed by atoms with van der Waals surface area (Å²) in [5.74, 6) is 0.186. The number of hydrogen-bond acceptors (Lipinski definition) is 3. The molecule has 1 saturated heterocycles. The Morgan fingerprint density at radius 1 is 1.17 bits per heavy atom. The van der Waals surface area contributed by atoms with Crippen molar-refractivity contribution in [2.45, 2.75) is 37.7 Å². The fourth-order valence-corrected chi connectivity index (χ4v) is 3.78. The van der Waals surface area contributed by atoms with E-state index in [0.717, 1.165) is 37.7 Å². The molecule has 1 aromatic carbocycles. The molecule has 24 heavy (non-hydrogen) atoms. The van der Waals surface area contributed by atoms with E-state index in [1.165, 1.54) is 0 Å². The summed E-state index contributed by atoms with van der Waals surface area (Å²) >= 11 is 0. The smallest absolute Gasteiger partial charge is 0.223 e. The van der Waals surface area contributed by atoms with E-state index in [-0.39, 0.29) is 24.3 Å². The Bertz CT molecular complexity index is 566. The lowest BCUT2D eigenvalue weighted by atomic mass is 9.77. The number of carbonyl (C=O) groups excluding carboxylic acids is 1. The minimum absolute atomic E-state index is 0.0321. The van der Waals surface area contributed by atoms with Crippen LogP contribution in [0.15, 0.2) is 42.5 Å². The van der Waals surface area contributed by atoms with Crippen LogP contribution in [-0.4, -0.2) is 30.8 Å². The van der Waals surface area contributed by atoms with E-state index in [9.17, 15) is 9.90 Å². The lowest BCUT2D eigenvalue weighted by Gasteiger charge is -2.39. The standard InChI is InChI=1S/C20H27NO3/c22-19(16-7-3-1-4-8-16)21-15-20(23,17-9-5-2-6-10-17)18-11-13-24-14-12-18/h1-3,5-6,9-10,16,18,23H,4,7-8,11-15H2,(H,21,22)/t16-,20-/m1/s1. The molecule has 130 valence electrons. The predicted octanol–water partition coefficient (Wildman–Crippen LogP) is 2.77. The van der Waals surface area contributed by atoms with Gasteiger partial charge in [-0.2, -0.15) is 0 Å². The van der Waals surface area contributed by atoms with Crippen molar-refractivity contribution in [2.75, 3.05) is 19.8 Å². The Hall–Kier alpha value is -1.65. The first-order valence-electron chi connectivity index (χ1n) is 8.98. The van der Waals surface area contributed by atoms with Gasteiger partial charge in [-0.3, -0.25) is 4.79 Å². The number of amides is 1. The average molecular weight is 329 g/mol. The number of carbonyl (C=O) groups is 1. The summed E-state index contributed by atoms with van der Waals surface area (Å²) in [5.41, 5.74) is -0.161. The third-order valence-corrected chi connectivity index (χ3v) is 5.34. The summed E-state index contributed by atoms with van der Waals surface area (Å²) in [6.45, 7) is 1.60. The minimum Gasteiger partial charge on any atom is -0.383 e. The van der Waals surface area contributed by atoms with Crippen molar-refractivity contribution in [3.8, 4) is 0 Å². The van der Waals surface area contributed by atoms with Crippen molar-refractivity contribution < 1.29 is 14.6 Å². The highest BCUT2D eigenvalue weighted by atomic mass is 16.5. The second kappa shape index (κ2) is 7.95. The van der Waals surface area contributed by atoms with Gasteiger partial charge in [0.15, 0.2) is 0 Å². The van der Waals surface area contributed by atoms with Crippen LogP contribution in [0, 0.1) is 11.8 Å². The molecular weight excluding hydrogens is 302 g/mol. The number of aliphatic hydroxyl groups is 1. The molecule has 2 N–H and O–H groups in total. The molecule has 1 aliphatic heterocycles. The zero-order chi connectivity index (χ0) is 16.8. The molecule has 0 radical (unpaired) electrons. The van der Waals surface area contributed by atoms with Crippen LogP contribution in [0.4, 0.5) is 0 Å². The Balaban J connectivity index is 1.72. The average Bonchev–Trinajstić information content (AvgIpc) is 2.68. The van der Waals surface area contributed by atoms with Crippen LogP contribution >= 0.6 is 0 Å². The van der Waals surface area contributed by atoms with Gasteiger partial charge in [-0.05, 0) is 43.6 Å². The van der Waals surface area contributed by atoms with Gasteiger partial charge in [-0.25, -0.2) is 0 Å². The van der Waals surface area contributed by atoms with E-state index >= 15 is 0 Å². The van der Waals surface area contributed by atoms with Crippen LogP contribution in [0.1, 0.15) is 37.7 Å². The van der Waals surface area contributed by atoms with Gasteiger partial charge in [-0.15, -0.1) is 0 Å². The van der Waals surface area contributed by atoms with Crippen LogP contribution < -0.4 is 5.32 Å². The van der Waals surface area contributed by atoms with Gasteiger partial charge in [0, 0.05) is 19.1 Å². The molecule has 3 rings (SSSR count). The summed E-state index contributed by atoms with van der Waals surface area (Å²) in [6.07, 6.45) is 8.49. The largest absolute Gasteiger partial charge is 0.383 e. The van der Waals surface area contributed by atoms with E-state index in [4.69, 9.17) is 4.74 Å². The lowest BCUT2D eigenvalue weighted by Crippen LogP contribution is -2.48. The zero-order valence-corrected chi connectivity index (χ0v) is 14.1. The first-order valence-corrected chi connectivity index (χ1v) is 8.98. The molecular formula is C20H27NO3. The molecule has 2 aliphatic rings. The second-order valence-electron chi connectivity index (χ2n) is 6.88. The Morgan fingerprint density at radius 3 is 2.58 bits per heavy atom. The molecule has 0 spiro atoms. The van der Waals surface area contributed by atoms with E-state index in [2.05, 4.69) is 17.5 Å². The molecule has 0 unspecified atom stereocenters. The van der Waals surface area contributed by atoms with Gasteiger partial charge in [0.1, 0.15) is 5.60 Å². The maximum atomic E-state index is 12.5. The molecule has 0 bridgehead atoms. The summed E-state index contributed by atoms with van der Waals surface area (Å²) in [4.78, 5) is 12.5. The van der Waals surface area contributed by atoms with Crippen LogP contribution in [-0.2, 0) is 15.1 Å². The van der Waals surface area contributed by atoms with Crippen molar-refractivity contribution in [3.05, 3.63) is 48.0 Å². The monoisotopic (exact) mass is 329 g/mol. The highest BCUT2D eigenvalue weighted by molar-refractivity contribution is 5.79. The first-order chi connectivity index (χ1) is 11.7. The van der Waals surface area contributed by atoms with Crippen LogP contribution in [0.25, 0.3) is 0 Å². The summed E-state index contributed by atoms with van der Waals surface area (Å²) in [5, 5.41) is 14.5. The predicted molar refractivity (Wildman–Crippen MR) is 93.4 cm³/mol. The molecule has 2 atom stereocenters. The van der Waals surface area contributed by atoms with Crippen molar-refractivity contribution in [3.63, 3.8) is 0 Å². The quantitative estimate of drug-likeness (QED) is 0.817. The molecule has 4 nitrogen and oxygen atoms in total. The Labute approximate surface area is 143 Å². The maximum absolute atomic E-state index is 12.5. The van der Waals surface area contributed by atoms with E-state index in [0.29, 0.717) is 13.2 Å². The topological polar surface area (TPSA) is 58.6 Å². The molecule has 0 saturated carbocycles. The number of allylic oxidation sites excluding steroid dienone is 2. The minimum atomic E-state index is -1.04. The summed E-state index contributed by atoms with van der Waals surface area (Å²) < 4.78 is 5.45. The third kappa shape index (κ3) is 3.87. The number of benzene rings is 1. The van der Waals surface area contributed by atoms with Crippen LogP contribution in [0.3, 0.4) is 0 Å². The number of rotatable bonds is 5. The fourth-order valence-electron chi connectivity index (χ4n) is 3.78. The molecule has 1 heterocycles. The van der Waals surface area contributed by atoms with Gasteiger partial charge in [-0.1, -0.05) is 42.5 Å². The number of nitrogens with one attached hydrogen (secondary N) is 1. The normalized spacial score (nSPS) is 24.3. The molecule has 4 heteroatoms. The summed E-state index contributed by atoms with van der Waals surface area (Å²) in [6, 6.07) is 9.72. The fraction of sp³-hybridized carbons (Fsp3) is 0.550. The molecule has 1 aromatic rings. The number of hydrogen-bond donors (Lipinski definition) is 2. The Morgan fingerprint density at radius 2 is 1.92 bits per heavy atom. The van der Waals surface area contributed by atoms with Gasteiger partial charge in [0.2, 0.25) is 5.91 Å². The van der Waals surface area contributed by atoms with E-state index in [1.54, 1.807) is 0 Å². The van der Waals surface area contributed by atoms with E-state index < -0.39 is 5.60 Å². The summed E-state index contributed by atoms with van der Waals surface area (Å²) in [7, 11) is 0. The molecule has 1 amide bonds. The van der Waals surface area contributed by atoms with Gasteiger partial charge in [0.05, 0.1) is 6.54 Å². The highest BCUT2D eigenvalue weighted by Gasteiger charge is 2.39. The lowest BCUT2D eigenvalue weighted by molar-refractivity contribution is -0.128. The van der Waals surface area contributed by atoms with Gasteiger partial charge < -0.3 is 15.2 Å². The second-order valence-corrected chi connectivity index (χ2v) is 6.88. The van der Waals surface area contributed by atoms with Crippen molar-refractivity contribution >= 4 is 5.91 Å². The third-order valence-electron chi connectivity index (χ3n) is 5.34. The van der Waals surface area contributed by atoms with Crippen molar-refractivity contribution in [1.29, 1.82) is 0 Å². The SMILES string of the molecule is O=C(NC[C@@](O)(c1ccccc1)C1CCOCC1)[C@@H]1CC=CCC1. The van der Waals surface area contributed by atoms with Crippen molar-refractivity contribution in [1.82, 2.24) is 5.32 Å². The van der Waals surface area contributed by atoms with Crippen LogP contribution in [0.5, 0.6) is 0 Å². The maximum Gasteiger partial charge on any atom is 0.223 e. The first kappa shape index (κ1) is 17.2. The van der Waals surface area contributed by atoms with E-state index in [1.807, 2.05) is 30.3 Å². The molecule has 1 aliphatic carbocycles. The van der Waals surface area contributed by atoms with Gasteiger partial charge in [0.25, 0.3) is 0 Å². The Kier molecular flexibility index (Phi) is 5.69. The molecule has 0 aromatic heterocycles. The zero-order valence-electron chi connectivity index (χ0n) is 14.1.